The number of allylic oxidation sites excluding steroid dienone is 8. The maximum absolute atomic E-state index is 14.4. The van der Waals surface area contributed by atoms with Gasteiger partial charge in [0.05, 0.1) is 0 Å². The molecule has 2 aliphatic carbocycles. The van der Waals surface area contributed by atoms with Gasteiger partial charge in [-0.05, 0) is 0 Å². The fourth-order valence-electron chi connectivity index (χ4n) is 2.17. The molecule has 0 atom stereocenters. The minimum Gasteiger partial charge on any atom is -0.333 e. The first kappa shape index (κ1) is 9.51. The zero-order chi connectivity index (χ0) is 10.2. The summed E-state index contributed by atoms with van der Waals surface area (Å²) in [6, 6.07) is 0. The lowest BCUT2D eigenvalue weighted by Crippen LogP contribution is -2.32. The van der Waals surface area contributed by atoms with Crippen molar-refractivity contribution in [2.75, 3.05) is 0 Å². The summed E-state index contributed by atoms with van der Waals surface area (Å²) < 4.78 is 14.4. The summed E-state index contributed by atoms with van der Waals surface area (Å²) in [6.07, 6.45) is 15.4. The van der Waals surface area contributed by atoms with E-state index in [2.05, 4.69) is 0 Å². The van der Waals surface area contributed by atoms with Crippen LogP contribution < -0.4 is 0 Å². The lowest BCUT2D eigenvalue weighted by atomic mass is 9.36. The second kappa shape index (κ2) is 2.98. The molecule has 2 rings (SSSR count). The Morgan fingerprint density at radius 1 is 0.786 bits per heavy atom. The molecule has 0 aromatic heterocycles. The van der Waals surface area contributed by atoms with E-state index in [0.29, 0.717) is 0 Å². The number of halogens is 1. The van der Waals surface area contributed by atoms with Gasteiger partial charge in [0, 0.05) is 10.6 Å². The molecule has 0 N–H and O–H groups in total. The Hall–Kier alpha value is -1.05. The van der Waals surface area contributed by atoms with Crippen molar-refractivity contribution < 1.29 is 4.32 Å². The van der Waals surface area contributed by atoms with E-state index in [1.807, 2.05) is 62.5 Å². The molecule has 0 amide bonds. The number of hydrogen-bond acceptors (Lipinski definition) is 0. The van der Waals surface area contributed by atoms with Crippen LogP contribution in [0.4, 0.5) is 4.32 Å². The predicted molar refractivity (Wildman–Crippen MR) is 60.2 cm³/mol. The minimum atomic E-state index is -0.903. The van der Waals surface area contributed by atoms with Crippen LogP contribution in [0.15, 0.2) is 48.6 Å². The van der Waals surface area contributed by atoms with E-state index in [1.165, 1.54) is 0 Å². The Kier molecular flexibility index (Phi) is 2.02. The highest BCUT2D eigenvalue weighted by Crippen LogP contribution is 2.50. The first-order valence-corrected chi connectivity index (χ1v) is 4.95. The van der Waals surface area contributed by atoms with Gasteiger partial charge in [-0.3, -0.25) is 0 Å². The Morgan fingerprint density at radius 2 is 1.07 bits per heavy atom. The molecular weight excluding hydrogens is 174 g/mol. The van der Waals surface area contributed by atoms with Crippen molar-refractivity contribution >= 4 is 6.99 Å². The standard InChI is InChI=1S/C12H14BF/c1-11(7-3-4-8-11)13(14)12(2)9-5-6-10-12/h3-10H,1-2H3. The first-order chi connectivity index (χ1) is 6.57. The van der Waals surface area contributed by atoms with E-state index in [0.717, 1.165) is 0 Å². The molecule has 0 bridgehead atoms. The van der Waals surface area contributed by atoms with Crippen LogP contribution in [-0.4, -0.2) is 6.99 Å². The molecule has 0 aromatic carbocycles. The fraction of sp³-hybridized carbons (Fsp3) is 0.333. The molecular formula is C12H14BF. The van der Waals surface area contributed by atoms with Crippen LogP contribution in [0, 0.1) is 0 Å². The van der Waals surface area contributed by atoms with Crippen LogP contribution in [-0.2, 0) is 0 Å². The SMILES string of the molecule is CC1(B(F)C2(C)C=CC=C2)C=CC=C1. The highest BCUT2D eigenvalue weighted by molar-refractivity contribution is 6.61. The third-order valence-electron chi connectivity index (χ3n) is 3.14. The van der Waals surface area contributed by atoms with Gasteiger partial charge >= 0.3 is 6.99 Å². The van der Waals surface area contributed by atoms with E-state index in [4.69, 9.17) is 0 Å². The molecule has 14 heavy (non-hydrogen) atoms. The van der Waals surface area contributed by atoms with Gasteiger partial charge in [-0.15, -0.1) is 0 Å². The van der Waals surface area contributed by atoms with Crippen LogP contribution in [0.1, 0.15) is 13.8 Å². The van der Waals surface area contributed by atoms with E-state index in [9.17, 15) is 4.32 Å². The van der Waals surface area contributed by atoms with Crippen molar-refractivity contribution in [3.8, 4) is 0 Å². The molecule has 0 aromatic rings. The molecule has 2 heteroatoms. The number of rotatable bonds is 2. The Morgan fingerprint density at radius 3 is 1.36 bits per heavy atom. The van der Waals surface area contributed by atoms with E-state index in [1.54, 1.807) is 0 Å². The normalized spacial score (nSPS) is 24.8. The maximum atomic E-state index is 14.4. The summed E-state index contributed by atoms with van der Waals surface area (Å²) in [4.78, 5) is 0. The smallest absolute Gasteiger partial charge is 0.333 e. The lowest BCUT2D eigenvalue weighted by molar-refractivity contribution is 0.679. The molecule has 0 radical (unpaired) electrons. The van der Waals surface area contributed by atoms with Crippen molar-refractivity contribution in [3.63, 3.8) is 0 Å². The summed E-state index contributed by atoms with van der Waals surface area (Å²) >= 11 is 0. The third kappa shape index (κ3) is 1.29. The Balaban J connectivity index is 2.28. The topological polar surface area (TPSA) is 0 Å². The van der Waals surface area contributed by atoms with Crippen molar-refractivity contribution in [1.29, 1.82) is 0 Å². The van der Waals surface area contributed by atoms with Gasteiger partial charge in [-0.25, -0.2) is 0 Å². The van der Waals surface area contributed by atoms with Crippen molar-refractivity contribution in [2.24, 2.45) is 0 Å². The molecule has 2 aliphatic rings. The maximum Gasteiger partial charge on any atom is 0.375 e. The van der Waals surface area contributed by atoms with Crippen LogP contribution in [0.3, 0.4) is 0 Å². The van der Waals surface area contributed by atoms with Gasteiger partial charge in [0.25, 0.3) is 0 Å². The van der Waals surface area contributed by atoms with Crippen molar-refractivity contribution in [2.45, 2.75) is 24.5 Å². The average molecular weight is 188 g/mol. The third-order valence-corrected chi connectivity index (χ3v) is 3.14. The molecule has 0 saturated heterocycles. The monoisotopic (exact) mass is 188 g/mol. The lowest BCUT2D eigenvalue weighted by Gasteiger charge is -2.31. The average Bonchev–Trinajstić information content (AvgIpc) is 2.75. The van der Waals surface area contributed by atoms with Gasteiger partial charge in [-0.1, -0.05) is 62.5 Å². The van der Waals surface area contributed by atoms with E-state index in [-0.39, 0.29) is 0 Å². The Bertz CT molecular complexity index is 291. The molecule has 0 unspecified atom stereocenters. The van der Waals surface area contributed by atoms with Crippen LogP contribution in [0.5, 0.6) is 0 Å². The largest absolute Gasteiger partial charge is 0.375 e. The highest BCUT2D eigenvalue weighted by atomic mass is 19.1. The predicted octanol–water partition coefficient (Wildman–Crippen LogP) is 3.72. The first-order valence-electron chi connectivity index (χ1n) is 4.95. The van der Waals surface area contributed by atoms with E-state index < -0.39 is 17.6 Å². The highest BCUT2D eigenvalue weighted by Gasteiger charge is 2.47. The van der Waals surface area contributed by atoms with Crippen LogP contribution in [0.2, 0.25) is 10.6 Å². The molecule has 0 spiro atoms. The van der Waals surface area contributed by atoms with Gasteiger partial charge in [0.2, 0.25) is 0 Å². The zero-order valence-electron chi connectivity index (χ0n) is 8.57. The van der Waals surface area contributed by atoms with Gasteiger partial charge in [-0.2, -0.15) is 0 Å². The van der Waals surface area contributed by atoms with Gasteiger partial charge in [0.15, 0.2) is 0 Å². The van der Waals surface area contributed by atoms with Crippen molar-refractivity contribution in [1.82, 2.24) is 0 Å². The molecule has 0 saturated carbocycles. The summed E-state index contributed by atoms with van der Waals surface area (Å²) in [5.41, 5.74) is 0. The summed E-state index contributed by atoms with van der Waals surface area (Å²) in [6.45, 7) is 2.96. The minimum absolute atomic E-state index is 0.451. The van der Waals surface area contributed by atoms with Crippen molar-refractivity contribution in [3.05, 3.63) is 48.6 Å². The summed E-state index contributed by atoms with van der Waals surface area (Å²) in [5.74, 6) is 0. The molecule has 72 valence electrons. The number of hydrogen-bond donors (Lipinski definition) is 0. The second-order valence-corrected chi connectivity index (χ2v) is 4.53. The second-order valence-electron chi connectivity index (χ2n) is 4.53. The Labute approximate surface area is 85.0 Å². The van der Waals surface area contributed by atoms with Crippen LogP contribution >= 0.6 is 0 Å². The van der Waals surface area contributed by atoms with Crippen LogP contribution in [0.25, 0.3) is 0 Å². The molecule has 0 aliphatic heterocycles. The zero-order valence-corrected chi connectivity index (χ0v) is 8.57. The molecule has 0 fully saturated rings. The molecule has 0 heterocycles. The fourth-order valence-corrected chi connectivity index (χ4v) is 2.17. The van der Waals surface area contributed by atoms with E-state index >= 15 is 0 Å². The molecule has 0 nitrogen and oxygen atoms in total. The summed E-state index contributed by atoms with van der Waals surface area (Å²) in [7, 11) is 0. The quantitative estimate of drug-likeness (QED) is 0.579. The van der Waals surface area contributed by atoms with Gasteiger partial charge in [0.1, 0.15) is 0 Å². The summed E-state index contributed by atoms with van der Waals surface area (Å²) in [5, 5.41) is -0.901. The van der Waals surface area contributed by atoms with Gasteiger partial charge < -0.3 is 4.32 Å².